The lowest BCUT2D eigenvalue weighted by atomic mass is 9.76. The summed E-state index contributed by atoms with van der Waals surface area (Å²) in [6.45, 7) is 4.71. The highest BCUT2D eigenvalue weighted by Gasteiger charge is 2.40. The molecule has 1 aliphatic carbocycles. The van der Waals surface area contributed by atoms with Crippen LogP contribution in [0.2, 0.25) is 0 Å². The van der Waals surface area contributed by atoms with Crippen LogP contribution in [-0.2, 0) is 9.59 Å². The molecule has 0 aromatic heterocycles. The highest BCUT2D eigenvalue weighted by atomic mass is 16.2. The summed E-state index contributed by atoms with van der Waals surface area (Å²) in [4.78, 5) is 25.3. The Labute approximate surface area is 115 Å². The average molecular weight is 269 g/mol. The Kier molecular flexibility index (Phi) is 5.79. The molecule has 19 heavy (non-hydrogen) atoms. The molecule has 0 aromatic rings. The van der Waals surface area contributed by atoms with Gasteiger partial charge in [0.1, 0.15) is 0 Å². The van der Waals surface area contributed by atoms with Crippen LogP contribution in [0.5, 0.6) is 0 Å². The third-order valence-electron chi connectivity index (χ3n) is 3.87. The van der Waals surface area contributed by atoms with Crippen LogP contribution in [0.4, 0.5) is 0 Å². The molecule has 0 aromatic carbocycles. The molecule has 2 amide bonds. The molecule has 5 nitrogen and oxygen atoms in total. The van der Waals surface area contributed by atoms with Gasteiger partial charge in [0.25, 0.3) is 0 Å². The highest BCUT2D eigenvalue weighted by Crippen LogP contribution is 2.31. The quantitative estimate of drug-likeness (QED) is 0.754. The molecule has 0 saturated heterocycles. The van der Waals surface area contributed by atoms with Gasteiger partial charge >= 0.3 is 0 Å². The first kappa shape index (κ1) is 16.0. The Morgan fingerprint density at radius 2 is 2.11 bits per heavy atom. The van der Waals surface area contributed by atoms with Crippen LogP contribution in [0.3, 0.4) is 0 Å². The zero-order valence-corrected chi connectivity index (χ0v) is 12.2. The number of amides is 2. The van der Waals surface area contributed by atoms with Gasteiger partial charge in [-0.1, -0.05) is 33.1 Å². The fraction of sp³-hybridized carbons (Fsp3) is 0.857. The lowest BCUT2D eigenvalue weighted by Crippen LogP contribution is -2.58. The first-order valence-corrected chi connectivity index (χ1v) is 7.25. The third kappa shape index (κ3) is 4.49. The number of unbranched alkanes of at least 4 members (excludes halogenated alkanes) is 1. The predicted octanol–water partition coefficient (Wildman–Crippen LogP) is 1.01. The summed E-state index contributed by atoms with van der Waals surface area (Å²) in [5.41, 5.74) is 10.7. The molecule has 2 atom stereocenters. The van der Waals surface area contributed by atoms with E-state index in [0.717, 1.165) is 25.7 Å². The number of nitrogens with two attached hydrogens (primary N) is 2. The topological polar surface area (TPSA) is 89.4 Å². The predicted molar refractivity (Wildman–Crippen MR) is 75.2 cm³/mol. The monoisotopic (exact) mass is 269 g/mol. The molecule has 110 valence electrons. The summed E-state index contributed by atoms with van der Waals surface area (Å²) in [7, 11) is 0. The molecule has 2 unspecified atom stereocenters. The number of hydrogen-bond acceptors (Lipinski definition) is 3. The Morgan fingerprint density at radius 3 is 2.63 bits per heavy atom. The van der Waals surface area contributed by atoms with Crippen molar-refractivity contribution in [1.82, 2.24) is 4.90 Å². The third-order valence-corrected chi connectivity index (χ3v) is 3.87. The molecule has 5 heteroatoms. The van der Waals surface area contributed by atoms with Crippen molar-refractivity contribution in [3.63, 3.8) is 0 Å². The van der Waals surface area contributed by atoms with Crippen molar-refractivity contribution in [3.8, 4) is 0 Å². The van der Waals surface area contributed by atoms with E-state index in [-0.39, 0.29) is 12.5 Å². The highest BCUT2D eigenvalue weighted by molar-refractivity contribution is 5.89. The number of carbonyl (C=O) groups excluding carboxylic acids is 2. The van der Waals surface area contributed by atoms with Crippen molar-refractivity contribution < 1.29 is 9.59 Å². The van der Waals surface area contributed by atoms with Crippen LogP contribution in [0.25, 0.3) is 0 Å². The number of nitrogens with zero attached hydrogens (tertiary/aromatic N) is 1. The van der Waals surface area contributed by atoms with E-state index in [4.69, 9.17) is 11.5 Å². The Hall–Kier alpha value is -1.10. The summed E-state index contributed by atoms with van der Waals surface area (Å²) in [5, 5.41) is 0. The van der Waals surface area contributed by atoms with E-state index in [0.29, 0.717) is 25.3 Å². The van der Waals surface area contributed by atoms with Crippen LogP contribution < -0.4 is 11.5 Å². The molecule has 0 heterocycles. The van der Waals surface area contributed by atoms with Gasteiger partial charge in [-0.05, 0) is 25.2 Å². The first-order valence-electron chi connectivity index (χ1n) is 7.25. The second-order valence-electron chi connectivity index (χ2n) is 5.90. The molecule has 0 radical (unpaired) electrons. The lowest BCUT2D eigenvalue weighted by Gasteiger charge is -2.39. The summed E-state index contributed by atoms with van der Waals surface area (Å²) in [5.74, 6) is -0.118. The fourth-order valence-electron chi connectivity index (χ4n) is 2.89. The minimum atomic E-state index is -0.805. The Morgan fingerprint density at radius 1 is 1.42 bits per heavy atom. The van der Waals surface area contributed by atoms with E-state index in [2.05, 4.69) is 6.92 Å². The summed E-state index contributed by atoms with van der Waals surface area (Å²) in [6, 6.07) is 0. The standard InChI is InChI=1S/C14H27N3O2/c1-3-4-8-17(10-12(15)18)13(19)14(16)7-5-6-11(2)9-14/h11H,3-10,16H2,1-2H3,(H2,15,18). The van der Waals surface area contributed by atoms with Crippen molar-refractivity contribution >= 4 is 11.8 Å². The van der Waals surface area contributed by atoms with Crippen LogP contribution in [-0.4, -0.2) is 35.3 Å². The van der Waals surface area contributed by atoms with Gasteiger partial charge < -0.3 is 16.4 Å². The van der Waals surface area contributed by atoms with Gasteiger partial charge in [0, 0.05) is 6.54 Å². The summed E-state index contributed by atoms with van der Waals surface area (Å²) < 4.78 is 0. The molecule has 4 N–H and O–H groups in total. The number of primary amides is 1. The molecule has 0 spiro atoms. The normalized spacial score (nSPS) is 27.0. The molecule has 1 aliphatic rings. The van der Waals surface area contributed by atoms with Crippen molar-refractivity contribution in [1.29, 1.82) is 0 Å². The fourth-order valence-corrected chi connectivity index (χ4v) is 2.89. The van der Waals surface area contributed by atoms with E-state index in [1.807, 2.05) is 6.92 Å². The zero-order valence-electron chi connectivity index (χ0n) is 12.2. The van der Waals surface area contributed by atoms with Gasteiger partial charge in [-0.15, -0.1) is 0 Å². The molecular formula is C14H27N3O2. The summed E-state index contributed by atoms with van der Waals surface area (Å²) in [6.07, 6.45) is 5.34. The van der Waals surface area contributed by atoms with Crippen LogP contribution in [0.1, 0.15) is 52.4 Å². The van der Waals surface area contributed by atoms with Gasteiger partial charge in [0.2, 0.25) is 11.8 Å². The molecule has 1 rings (SSSR count). The average Bonchev–Trinajstić information content (AvgIpc) is 2.32. The SMILES string of the molecule is CCCCN(CC(N)=O)C(=O)C1(N)CCCC(C)C1. The van der Waals surface area contributed by atoms with Gasteiger partial charge in [0.05, 0.1) is 12.1 Å². The summed E-state index contributed by atoms with van der Waals surface area (Å²) >= 11 is 0. The van der Waals surface area contributed by atoms with Crippen LogP contribution in [0.15, 0.2) is 0 Å². The number of carbonyl (C=O) groups is 2. The molecule has 1 saturated carbocycles. The van der Waals surface area contributed by atoms with Gasteiger partial charge in [-0.3, -0.25) is 9.59 Å². The molecule has 0 aliphatic heterocycles. The minimum Gasteiger partial charge on any atom is -0.368 e. The number of rotatable bonds is 6. The first-order chi connectivity index (χ1) is 8.89. The van der Waals surface area contributed by atoms with E-state index < -0.39 is 11.4 Å². The second kappa shape index (κ2) is 6.89. The largest absolute Gasteiger partial charge is 0.368 e. The smallest absolute Gasteiger partial charge is 0.243 e. The maximum Gasteiger partial charge on any atom is 0.243 e. The Bertz CT molecular complexity index is 333. The van der Waals surface area contributed by atoms with Gasteiger partial charge in [0.15, 0.2) is 0 Å². The van der Waals surface area contributed by atoms with Crippen LogP contribution in [0, 0.1) is 5.92 Å². The second-order valence-corrected chi connectivity index (χ2v) is 5.90. The minimum absolute atomic E-state index is 0.0217. The van der Waals surface area contributed by atoms with Crippen LogP contribution >= 0.6 is 0 Å². The van der Waals surface area contributed by atoms with E-state index >= 15 is 0 Å². The van der Waals surface area contributed by atoms with Gasteiger partial charge in [-0.2, -0.15) is 0 Å². The maximum atomic E-state index is 12.6. The van der Waals surface area contributed by atoms with Crippen molar-refractivity contribution in [2.45, 2.75) is 57.9 Å². The van der Waals surface area contributed by atoms with Crippen molar-refractivity contribution in [3.05, 3.63) is 0 Å². The van der Waals surface area contributed by atoms with E-state index in [1.165, 1.54) is 0 Å². The molecule has 1 fully saturated rings. The maximum absolute atomic E-state index is 12.6. The van der Waals surface area contributed by atoms with E-state index in [1.54, 1.807) is 4.90 Å². The zero-order chi connectivity index (χ0) is 14.5. The Balaban J connectivity index is 2.75. The molecular weight excluding hydrogens is 242 g/mol. The molecule has 0 bridgehead atoms. The lowest BCUT2D eigenvalue weighted by molar-refractivity contribution is -0.141. The number of hydrogen-bond donors (Lipinski definition) is 2. The van der Waals surface area contributed by atoms with Gasteiger partial charge in [-0.25, -0.2) is 0 Å². The van der Waals surface area contributed by atoms with Crippen molar-refractivity contribution in [2.75, 3.05) is 13.1 Å². The van der Waals surface area contributed by atoms with E-state index in [9.17, 15) is 9.59 Å². The van der Waals surface area contributed by atoms with Crippen molar-refractivity contribution in [2.24, 2.45) is 17.4 Å².